The van der Waals surface area contributed by atoms with Gasteiger partial charge in [-0.15, -0.1) is 11.6 Å². The number of halogens is 1. The summed E-state index contributed by atoms with van der Waals surface area (Å²) >= 11 is 5.84. The molecular weight excluding hydrogens is 250 g/mol. The summed E-state index contributed by atoms with van der Waals surface area (Å²) in [5.41, 5.74) is 2.12. The Morgan fingerprint density at radius 3 is 2.56 bits per heavy atom. The predicted octanol–water partition coefficient (Wildman–Crippen LogP) is 3.38. The molecule has 3 nitrogen and oxygen atoms in total. The molecule has 0 N–H and O–H groups in total. The van der Waals surface area contributed by atoms with Crippen LogP contribution in [0.15, 0.2) is 33.5 Å². The van der Waals surface area contributed by atoms with Gasteiger partial charge in [0.25, 0.3) is 0 Å². The van der Waals surface area contributed by atoms with E-state index in [2.05, 4.69) is 18.7 Å². The summed E-state index contributed by atoms with van der Waals surface area (Å²) < 4.78 is 5.24. The van der Waals surface area contributed by atoms with Crippen molar-refractivity contribution in [2.24, 2.45) is 0 Å². The number of nitrogens with zero attached hydrogens (tertiary/aromatic N) is 1. The summed E-state index contributed by atoms with van der Waals surface area (Å²) in [7, 11) is 0. The van der Waals surface area contributed by atoms with Crippen molar-refractivity contribution in [1.82, 2.24) is 0 Å². The first-order valence-corrected chi connectivity index (χ1v) is 6.60. The minimum Gasteiger partial charge on any atom is -0.423 e. The molecule has 0 radical (unpaired) electrons. The highest BCUT2D eigenvalue weighted by Crippen LogP contribution is 2.24. The van der Waals surface area contributed by atoms with Crippen LogP contribution in [0.5, 0.6) is 0 Å². The fourth-order valence-electron chi connectivity index (χ4n) is 2.11. The Kier molecular flexibility index (Phi) is 3.92. The van der Waals surface area contributed by atoms with E-state index in [-0.39, 0.29) is 5.63 Å². The zero-order chi connectivity index (χ0) is 13.1. The molecule has 1 aromatic carbocycles. The van der Waals surface area contributed by atoms with E-state index in [9.17, 15) is 4.79 Å². The molecule has 0 fully saturated rings. The fraction of sp³-hybridized carbons (Fsp3) is 0.357. The van der Waals surface area contributed by atoms with Crippen molar-refractivity contribution < 1.29 is 4.42 Å². The first-order valence-electron chi connectivity index (χ1n) is 6.07. The van der Waals surface area contributed by atoms with Crippen molar-refractivity contribution in [3.05, 3.63) is 40.2 Å². The maximum atomic E-state index is 11.4. The van der Waals surface area contributed by atoms with Crippen LogP contribution in [-0.2, 0) is 5.88 Å². The molecule has 0 aliphatic carbocycles. The Bertz CT molecular complexity index is 602. The summed E-state index contributed by atoms with van der Waals surface area (Å²) in [6.07, 6.45) is 0. The molecule has 96 valence electrons. The molecule has 0 saturated heterocycles. The van der Waals surface area contributed by atoms with Gasteiger partial charge in [0.05, 0.1) is 0 Å². The zero-order valence-corrected chi connectivity index (χ0v) is 11.3. The first-order chi connectivity index (χ1) is 8.69. The maximum Gasteiger partial charge on any atom is 0.336 e. The molecule has 0 aliphatic heterocycles. The highest BCUT2D eigenvalue weighted by Gasteiger charge is 2.08. The summed E-state index contributed by atoms with van der Waals surface area (Å²) in [4.78, 5) is 13.6. The van der Waals surface area contributed by atoms with E-state index in [1.807, 2.05) is 18.2 Å². The summed E-state index contributed by atoms with van der Waals surface area (Å²) in [6.45, 7) is 6.03. The molecule has 0 saturated carbocycles. The van der Waals surface area contributed by atoms with Crippen LogP contribution < -0.4 is 10.5 Å². The number of hydrogen-bond donors (Lipinski definition) is 0. The Morgan fingerprint density at radius 1 is 1.22 bits per heavy atom. The SMILES string of the molecule is CCN(CC)c1ccc2c(CCl)cc(=O)oc2c1. The van der Waals surface area contributed by atoms with Crippen molar-refractivity contribution in [3.8, 4) is 0 Å². The van der Waals surface area contributed by atoms with Crippen LogP contribution in [0.1, 0.15) is 19.4 Å². The second-order valence-corrected chi connectivity index (χ2v) is 4.34. The fourth-order valence-corrected chi connectivity index (χ4v) is 2.34. The van der Waals surface area contributed by atoms with Crippen LogP contribution in [0.25, 0.3) is 11.0 Å². The van der Waals surface area contributed by atoms with Gasteiger partial charge in [-0.05, 0) is 31.5 Å². The van der Waals surface area contributed by atoms with Crippen LogP contribution in [0.3, 0.4) is 0 Å². The zero-order valence-electron chi connectivity index (χ0n) is 10.6. The average molecular weight is 266 g/mol. The number of rotatable bonds is 4. The molecule has 1 aromatic heterocycles. The first kappa shape index (κ1) is 13.0. The minimum atomic E-state index is -0.352. The van der Waals surface area contributed by atoms with E-state index >= 15 is 0 Å². The van der Waals surface area contributed by atoms with Gasteiger partial charge in [-0.25, -0.2) is 4.79 Å². The Balaban J connectivity index is 2.61. The molecule has 1 heterocycles. The molecule has 0 bridgehead atoms. The molecule has 2 rings (SSSR count). The van der Waals surface area contributed by atoms with Gasteiger partial charge < -0.3 is 9.32 Å². The monoisotopic (exact) mass is 265 g/mol. The molecule has 0 unspecified atom stereocenters. The normalized spacial score (nSPS) is 10.8. The third-order valence-electron chi connectivity index (χ3n) is 3.09. The standard InChI is InChI=1S/C14H16ClNO2/c1-3-16(4-2)11-5-6-12-10(9-15)7-14(17)18-13(12)8-11/h5-8H,3-4,9H2,1-2H3. The Labute approximate surface area is 111 Å². The number of benzene rings is 1. The van der Waals surface area contributed by atoms with Gasteiger partial charge in [0.15, 0.2) is 0 Å². The Morgan fingerprint density at radius 2 is 1.94 bits per heavy atom. The molecule has 0 aliphatic rings. The molecule has 4 heteroatoms. The van der Waals surface area contributed by atoms with Crippen molar-refractivity contribution in [2.45, 2.75) is 19.7 Å². The summed E-state index contributed by atoms with van der Waals surface area (Å²) in [6, 6.07) is 7.35. The van der Waals surface area contributed by atoms with Crippen molar-refractivity contribution >= 4 is 28.3 Å². The average Bonchev–Trinajstić information content (AvgIpc) is 2.38. The Hall–Kier alpha value is -1.48. The minimum absolute atomic E-state index is 0.312. The summed E-state index contributed by atoms with van der Waals surface area (Å²) in [5, 5.41) is 0.903. The van der Waals surface area contributed by atoms with Crippen LogP contribution in [0.2, 0.25) is 0 Å². The third-order valence-corrected chi connectivity index (χ3v) is 3.37. The molecule has 0 atom stereocenters. The lowest BCUT2D eigenvalue weighted by molar-refractivity contribution is 0.559. The van der Waals surface area contributed by atoms with E-state index in [0.717, 1.165) is 29.7 Å². The van der Waals surface area contributed by atoms with Crippen molar-refractivity contribution in [2.75, 3.05) is 18.0 Å². The lowest BCUT2D eigenvalue weighted by atomic mass is 10.1. The largest absolute Gasteiger partial charge is 0.423 e. The molecule has 2 aromatic rings. The second-order valence-electron chi connectivity index (χ2n) is 4.08. The quantitative estimate of drug-likeness (QED) is 0.628. The van der Waals surface area contributed by atoms with E-state index in [4.69, 9.17) is 16.0 Å². The smallest absolute Gasteiger partial charge is 0.336 e. The van der Waals surface area contributed by atoms with Crippen molar-refractivity contribution in [3.63, 3.8) is 0 Å². The van der Waals surface area contributed by atoms with Gasteiger partial charge >= 0.3 is 5.63 Å². The van der Waals surface area contributed by atoms with Gasteiger partial charge in [0.2, 0.25) is 0 Å². The molecule has 18 heavy (non-hydrogen) atoms. The molecular formula is C14H16ClNO2. The maximum absolute atomic E-state index is 11.4. The number of hydrogen-bond acceptors (Lipinski definition) is 3. The van der Waals surface area contributed by atoms with Gasteiger partial charge in [0.1, 0.15) is 5.58 Å². The van der Waals surface area contributed by atoms with Gasteiger partial charge in [-0.3, -0.25) is 0 Å². The number of alkyl halides is 1. The van der Waals surface area contributed by atoms with Gasteiger partial charge in [-0.2, -0.15) is 0 Å². The molecule has 0 amide bonds. The van der Waals surface area contributed by atoms with E-state index < -0.39 is 0 Å². The van der Waals surface area contributed by atoms with Crippen molar-refractivity contribution in [1.29, 1.82) is 0 Å². The van der Waals surface area contributed by atoms with E-state index in [1.165, 1.54) is 6.07 Å². The lowest BCUT2D eigenvalue weighted by Gasteiger charge is -2.21. The van der Waals surface area contributed by atoms with Crippen LogP contribution in [0.4, 0.5) is 5.69 Å². The van der Waals surface area contributed by atoms with Crippen LogP contribution in [-0.4, -0.2) is 13.1 Å². The summed E-state index contributed by atoms with van der Waals surface area (Å²) in [5.74, 6) is 0.312. The molecule has 0 spiro atoms. The van der Waals surface area contributed by atoms with Gasteiger partial charge in [0, 0.05) is 42.2 Å². The van der Waals surface area contributed by atoms with Crippen LogP contribution in [0, 0.1) is 0 Å². The topological polar surface area (TPSA) is 33.5 Å². The van der Waals surface area contributed by atoms with Crippen LogP contribution >= 0.6 is 11.6 Å². The van der Waals surface area contributed by atoms with E-state index in [0.29, 0.717) is 11.5 Å². The highest BCUT2D eigenvalue weighted by atomic mass is 35.5. The number of anilines is 1. The van der Waals surface area contributed by atoms with Gasteiger partial charge in [-0.1, -0.05) is 0 Å². The third kappa shape index (κ3) is 2.36. The lowest BCUT2D eigenvalue weighted by Crippen LogP contribution is -2.21. The predicted molar refractivity (Wildman–Crippen MR) is 75.6 cm³/mol. The number of fused-ring (bicyclic) bond motifs is 1. The highest BCUT2D eigenvalue weighted by molar-refractivity contribution is 6.17. The van der Waals surface area contributed by atoms with E-state index in [1.54, 1.807) is 0 Å². The second kappa shape index (κ2) is 5.44.